The van der Waals surface area contributed by atoms with Crippen LogP contribution in [-0.2, 0) is 19.3 Å². The molecule has 0 atom stereocenters. The number of aliphatic imine (C=N–C) groups is 1. The third kappa shape index (κ3) is 3.13. The number of nitrogens with zero attached hydrogens (tertiary/aromatic N) is 1. The third-order valence-corrected chi connectivity index (χ3v) is 4.67. The van der Waals surface area contributed by atoms with Gasteiger partial charge < -0.3 is 16.0 Å². The maximum atomic E-state index is 6.02. The molecule has 0 unspecified atom stereocenters. The van der Waals surface area contributed by atoms with Crippen LogP contribution in [0, 0.1) is 0 Å². The topological polar surface area (TPSA) is 66.2 Å². The molecule has 1 aromatic heterocycles. The number of benzene rings is 2. The first-order valence-electron chi connectivity index (χ1n) is 8.53. The molecule has 1 heterocycles. The largest absolute Gasteiger partial charge is 0.370 e. The average Bonchev–Trinajstić information content (AvgIpc) is 3.22. The van der Waals surface area contributed by atoms with Crippen molar-refractivity contribution in [1.82, 2.24) is 4.98 Å². The molecule has 0 aliphatic heterocycles. The highest BCUT2D eigenvalue weighted by molar-refractivity contribution is 5.92. The second-order valence-corrected chi connectivity index (χ2v) is 6.38. The predicted molar refractivity (Wildman–Crippen MR) is 101 cm³/mol. The Morgan fingerprint density at radius 2 is 2.00 bits per heavy atom. The molecule has 0 spiro atoms. The van der Waals surface area contributed by atoms with Crippen molar-refractivity contribution in [2.45, 2.75) is 25.7 Å². The number of aromatic nitrogens is 1. The molecule has 0 saturated heterocycles. The van der Waals surface area contributed by atoms with Crippen LogP contribution in [0.5, 0.6) is 0 Å². The fourth-order valence-corrected chi connectivity index (χ4v) is 3.40. The Morgan fingerprint density at radius 3 is 2.96 bits per heavy atom. The molecule has 122 valence electrons. The van der Waals surface area contributed by atoms with E-state index < -0.39 is 0 Å². The fraction of sp³-hybridized carbons (Fsp3) is 0.250. The molecule has 0 amide bonds. The van der Waals surface area contributed by atoms with Crippen molar-refractivity contribution in [1.29, 1.82) is 0 Å². The fourth-order valence-electron chi connectivity index (χ4n) is 3.40. The van der Waals surface area contributed by atoms with Gasteiger partial charge in [0.1, 0.15) is 0 Å². The van der Waals surface area contributed by atoms with E-state index in [1.807, 2.05) is 6.20 Å². The summed E-state index contributed by atoms with van der Waals surface area (Å²) < 4.78 is 0. The van der Waals surface area contributed by atoms with E-state index in [1.165, 1.54) is 46.9 Å². The van der Waals surface area contributed by atoms with E-state index in [0.29, 0.717) is 12.5 Å². The minimum Gasteiger partial charge on any atom is -0.370 e. The second-order valence-electron chi connectivity index (χ2n) is 6.38. The quantitative estimate of drug-likeness (QED) is 0.508. The summed E-state index contributed by atoms with van der Waals surface area (Å²) in [5.41, 5.74) is 12.4. The second kappa shape index (κ2) is 6.40. The summed E-state index contributed by atoms with van der Waals surface area (Å²) in [5.74, 6) is 0.482. The molecule has 3 aromatic rings. The number of nitrogens with one attached hydrogen (secondary N) is 2. The highest BCUT2D eigenvalue weighted by Crippen LogP contribution is 2.24. The van der Waals surface area contributed by atoms with Crippen LogP contribution in [0.4, 0.5) is 5.69 Å². The van der Waals surface area contributed by atoms with E-state index in [0.717, 1.165) is 12.1 Å². The standard InChI is InChI=1S/C20H22N4/c21-20(24-18-6-5-15-2-1-3-16(15)13-18)23-10-8-14-4-7-19-17(12-14)9-11-22-19/h4-7,9,11-13,22H,1-3,8,10H2,(H3,21,23,24). The molecule has 0 fully saturated rings. The van der Waals surface area contributed by atoms with Crippen LogP contribution in [0.3, 0.4) is 0 Å². The van der Waals surface area contributed by atoms with E-state index in [2.05, 4.69) is 57.8 Å². The Labute approximate surface area is 141 Å². The van der Waals surface area contributed by atoms with Crippen molar-refractivity contribution in [2.24, 2.45) is 10.7 Å². The molecule has 4 rings (SSSR count). The number of hydrogen-bond donors (Lipinski definition) is 3. The van der Waals surface area contributed by atoms with E-state index >= 15 is 0 Å². The lowest BCUT2D eigenvalue weighted by atomic mass is 10.1. The van der Waals surface area contributed by atoms with Crippen LogP contribution in [0.25, 0.3) is 10.9 Å². The van der Waals surface area contributed by atoms with Gasteiger partial charge in [-0.1, -0.05) is 12.1 Å². The van der Waals surface area contributed by atoms with Crippen LogP contribution >= 0.6 is 0 Å². The smallest absolute Gasteiger partial charge is 0.193 e. The average molecular weight is 318 g/mol. The van der Waals surface area contributed by atoms with Crippen LogP contribution in [-0.4, -0.2) is 17.5 Å². The first-order valence-corrected chi connectivity index (χ1v) is 8.53. The zero-order chi connectivity index (χ0) is 16.4. The molecular formula is C20H22N4. The zero-order valence-corrected chi connectivity index (χ0v) is 13.7. The maximum absolute atomic E-state index is 6.02. The van der Waals surface area contributed by atoms with Gasteiger partial charge in [-0.25, -0.2) is 0 Å². The summed E-state index contributed by atoms with van der Waals surface area (Å²) in [6.45, 7) is 0.680. The highest BCUT2D eigenvalue weighted by atomic mass is 15.1. The number of nitrogens with two attached hydrogens (primary N) is 1. The number of aryl methyl sites for hydroxylation is 2. The summed E-state index contributed by atoms with van der Waals surface area (Å²) in [6.07, 6.45) is 6.47. The first-order chi connectivity index (χ1) is 11.8. The Morgan fingerprint density at radius 1 is 1.08 bits per heavy atom. The van der Waals surface area contributed by atoms with Crippen molar-refractivity contribution in [3.63, 3.8) is 0 Å². The van der Waals surface area contributed by atoms with E-state index in [4.69, 9.17) is 5.73 Å². The van der Waals surface area contributed by atoms with Gasteiger partial charge in [0.15, 0.2) is 5.96 Å². The number of anilines is 1. The van der Waals surface area contributed by atoms with Crippen molar-refractivity contribution < 1.29 is 0 Å². The Balaban J connectivity index is 1.36. The lowest BCUT2D eigenvalue weighted by Gasteiger charge is -2.08. The van der Waals surface area contributed by atoms with Gasteiger partial charge in [-0.2, -0.15) is 0 Å². The number of hydrogen-bond acceptors (Lipinski definition) is 1. The summed E-state index contributed by atoms with van der Waals surface area (Å²) in [7, 11) is 0. The molecule has 4 nitrogen and oxygen atoms in total. The summed E-state index contributed by atoms with van der Waals surface area (Å²) in [4.78, 5) is 7.66. The van der Waals surface area contributed by atoms with E-state index in [9.17, 15) is 0 Å². The minimum atomic E-state index is 0.482. The number of fused-ring (bicyclic) bond motifs is 2. The van der Waals surface area contributed by atoms with Crippen LogP contribution in [0.2, 0.25) is 0 Å². The normalized spacial score (nSPS) is 14.1. The predicted octanol–water partition coefficient (Wildman–Crippen LogP) is 3.63. The number of H-pyrrole nitrogens is 1. The molecule has 1 aliphatic carbocycles. The van der Waals surface area contributed by atoms with Gasteiger partial charge in [-0.15, -0.1) is 0 Å². The molecule has 2 aromatic carbocycles. The van der Waals surface area contributed by atoms with Crippen LogP contribution in [0.15, 0.2) is 53.7 Å². The number of guanidine groups is 1. The van der Waals surface area contributed by atoms with Crippen molar-refractivity contribution in [2.75, 3.05) is 11.9 Å². The van der Waals surface area contributed by atoms with Gasteiger partial charge >= 0.3 is 0 Å². The molecule has 1 aliphatic rings. The molecule has 0 saturated carbocycles. The minimum absolute atomic E-state index is 0.482. The molecule has 0 radical (unpaired) electrons. The van der Waals surface area contributed by atoms with Gasteiger partial charge in [-0.05, 0) is 78.1 Å². The molecule has 24 heavy (non-hydrogen) atoms. The van der Waals surface area contributed by atoms with E-state index in [1.54, 1.807) is 0 Å². The summed E-state index contributed by atoms with van der Waals surface area (Å²) >= 11 is 0. The highest BCUT2D eigenvalue weighted by Gasteiger charge is 2.10. The van der Waals surface area contributed by atoms with Gasteiger partial charge in [0.05, 0.1) is 0 Å². The Kier molecular flexibility index (Phi) is 3.95. The van der Waals surface area contributed by atoms with Crippen molar-refractivity contribution in [3.8, 4) is 0 Å². The van der Waals surface area contributed by atoms with Crippen LogP contribution < -0.4 is 11.1 Å². The van der Waals surface area contributed by atoms with Gasteiger partial charge in [-0.3, -0.25) is 4.99 Å². The Hall–Kier alpha value is -2.75. The molecule has 0 bridgehead atoms. The number of rotatable bonds is 4. The monoisotopic (exact) mass is 318 g/mol. The summed E-state index contributed by atoms with van der Waals surface area (Å²) in [6, 6.07) is 15.0. The molecule has 4 heteroatoms. The lowest BCUT2D eigenvalue weighted by Crippen LogP contribution is -2.23. The zero-order valence-electron chi connectivity index (χ0n) is 13.7. The maximum Gasteiger partial charge on any atom is 0.193 e. The SMILES string of the molecule is NC(=NCCc1ccc2[nH]ccc2c1)Nc1ccc2c(c1)CCC2. The Bertz CT molecular complexity index is 892. The van der Waals surface area contributed by atoms with Crippen LogP contribution in [0.1, 0.15) is 23.1 Å². The van der Waals surface area contributed by atoms with Crippen molar-refractivity contribution >= 4 is 22.5 Å². The third-order valence-electron chi connectivity index (χ3n) is 4.67. The first kappa shape index (κ1) is 14.8. The lowest BCUT2D eigenvalue weighted by molar-refractivity contribution is 0.912. The summed E-state index contributed by atoms with van der Waals surface area (Å²) in [5, 5.41) is 4.44. The van der Waals surface area contributed by atoms with E-state index in [-0.39, 0.29) is 0 Å². The van der Waals surface area contributed by atoms with Crippen molar-refractivity contribution in [3.05, 3.63) is 65.4 Å². The molecular weight excluding hydrogens is 296 g/mol. The van der Waals surface area contributed by atoms with Gasteiger partial charge in [0, 0.05) is 23.9 Å². The molecule has 4 N–H and O–H groups in total. The van der Waals surface area contributed by atoms with Gasteiger partial charge in [0.2, 0.25) is 0 Å². The number of aromatic amines is 1. The van der Waals surface area contributed by atoms with Gasteiger partial charge in [0.25, 0.3) is 0 Å².